The van der Waals surface area contributed by atoms with Crippen LogP contribution < -0.4 is 0 Å². The summed E-state index contributed by atoms with van der Waals surface area (Å²) in [5, 5.41) is 0. The molecule has 34 heavy (non-hydrogen) atoms. The first-order chi connectivity index (χ1) is 16.8. The van der Waals surface area contributed by atoms with Crippen LogP contribution in [-0.4, -0.2) is 75.1 Å². The van der Waals surface area contributed by atoms with Crippen molar-refractivity contribution in [1.82, 2.24) is 0 Å². The van der Waals surface area contributed by atoms with Crippen LogP contribution in [-0.2, 0) is 28.5 Å². The zero-order chi connectivity index (χ0) is 23.6. The molecule has 2 heterocycles. The minimum atomic E-state index is -0.134. The maximum atomic E-state index is 10.6. The summed E-state index contributed by atoms with van der Waals surface area (Å²) in [6, 6.07) is 0. The Kier molecular flexibility index (Phi) is 10.3. The highest BCUT2D eigenvalue weighted by Gasteiger charge is 2.50. The number of fused-ring (bicyclic) bond motifs is 1. The summed E-state index contributed by atoms with van der Waals surface area (Å²) in [6.07, 6.45) is 16.5. The third kappa shape index (κ3) is 6.84. The molecular formula is C26H40N2O6. The van der Waals surface area contributed by atoms with Gasteiger partial charge < -0.3 is 18.9 Å². The second-order valence-corrected chi connectivity index (χ2v) is 10.3. The molecule has 190 valence electrons. The van der Waals surface area contributed by atoms with Crippen LogP contribution in [0.5, 0.6) is 0 Å². The number of rotatable bonds is 12. The fourth-order valence-corrected chi connectivity index (χ4v) is 6.43. The van der Waals surface area contributed by atoms with Gasteiger partial charge in [-0.15, -0.1) is 0 Å². The van der Waals surface area contributed by atoms with Crippen molar-refractivity contribution in [3.8, 4) is 0 Å². The van der Waals surface area contributed by atoms with Crippen LogP contribution in [0.15, 0.2) is 9.98 Å². The van der Waals surface area contributed by atoms with Gasteiger partial charge in [0.15, 0.2) is 0 Å². The van der Waals surface area contributed by atoms with E-state index in [2.05, 4.69) is 9.98 Å². The van der Waals surface area contributed by atoms with Crippen molar-refractivity contribution < 1.29 is 28.5 Å². The molecule has 6 atom stereocenters. The number of ether oxygens (including phenoxy) is 4. The molecule has 4 fully saturated rings. The Hall–Kier alpha value is -1.40. The van der Waals surface area contributed by atoms with Gasteiger partial charge in [-0.2, -0.15) is 0 Å². The number of hydrogen-bond donors (Lipinski definition) is 0. The first-order valence-electron chi connectivity index (χ1n) is 13.4. The molecular weight excluding hydrogens is 436 g/mol. The third-order valence-electron chi connectivity index (χ3n) is 8.19. The van der Waals surface area contributed by atoms with Crippen molar-refractivity contribution in [3.05, 3.63) is 0 Å². The van der Waals surface area contributed by atoms with Gasteiger partial charge in [0.1, 0.15) is 24.4 Å². The van der Waals surface area contributed by atoms with Gasteiger partial charge in [0.25, 0.3) is 0 Å². The van der Waals surface area contributed by atoms with Gasteiger partial charge in [0.05, 0.1) is 38.5 Å². The van der Waals surface area contributed by atoms with E-state index in [0.29, 0.717) is 38.1 Å². The Morgan fingerprint density at radius 1 is 0.676 bits per heavy atom. The number of isocyanates is 2. The van der Waals surface area contributed by atoms with Crippen molar-refractivity contribution >= 4 is 12.2 Å². The SMILES string of the molecule is O=C=NCCC(O[C@H]1COC2C1OC[C@H]2OC(CCN=C=O)C1CCCCC1)C1CCCCC1. The monoisotopic (exact) mass is 476 g/mol. The molecule has 0 radical (unpaired) electrons. The van der Waals surface area contributed by atoms with Crippen molar-refractivity contribution in [1.29, 1.82) is 0 Å². The molecule has 4 unspecified atom stereocenters. The molecule has 4 rings (SSSR count). The Labute approximate surface area is 202 Å². The highest BCUT2D eigenvalue weighted by atomic mass is 16.6. The maximum Gasteiger partial charge on any atom is 0.234 e. The van der Waals surface area contributed by atoms with E-state index in [1.165, 1.54) is 38.5 Å². The Morgan fingerprint density at radius 3 is 1.47 bits per heavy atom. The van der Waals surface area contributed by atoms with Gasteiger partial charge in [-0.3, -0.25) is 0 Å². The molecule has 0 aromatic rings. The summed E-state index contributed by atoms with van der Waals surface area (Å²) in [6.45, 7) is 1.90. The lowest BCUT2D eigenvalue weighted by atomic mass is 9.84. The second-order valence-electron chi connectivity index (χ2n) is 10.3. The van der Waals surface area contributed by atoms with Crippen molar-refractivity contribution in [3.63, 3.8) is 0 Å². The Bertz CT molecular complexity index is 650. The van der Waals surface area contributed by atoms with E-state index in [1.54, 1.807) is 12.2 Å². The molecule has 0 spiro atoms. The molecule has 8 nitrogen and oxygen atoms in total. The summed E-state index contributed by atoms with van der Waals surface area (Å²) < 4.78 is 25.6. The molecule has 2 saturated heterocycles. The normalized spacial score (nSPS) is 31.9. The van der Waals surface area contributed by atoms with Crippen molar-refractivity contribution in [2.45, 2.75) is 114 Å². The molecule has 2 saturated carbocycles. The average molecular weight is 477 g/mol. The van der Waals surface area contributed by atoms with E-state index in [4.69, 9.17) is 18.9 Å². The molecule has 4 aliphatic rings. The van der Waals surface area contributed by atoms with Gasteiger partial charge in [-0.25, -0.2) is 19.6 Å². The molecule has 0 aromatic carbocycles. The molecule has 0 amide bonds. The topological polar surface area (TPSA) is 95.8 Å². The fraction of sp³-hybridized carbons (Fsp3) is 0.923. The largest absolute Gasteiger partial charge is 0.370 e. The van der Waals surface area contributed by atoms with E-state index >= 15 is 0 Å². The summed E-state index contributed by atoms with van der Waals surface area (Å²) >= 11 is 0. The lowest BCUT2D eigenvalue weighted by Crippen LogP contribution is -2.40. The summed E-state index contributed by atoms with van der Waals surface area (Å²) in [5.41, 5.74) is 0. The standard InChI is InChI=1S/C26H40N2O6/c29-17-27-13-11-21(19-7-3-1-4-8-19)33-23-15-31-26-24(16-32-25(23)26)34-22(12-14-28-18-30)20-9-5-2-6-10-20/h19-26H,1-16H2/t21?,22?,23-,24+,25?,26?. The maximum absolute atomic E-state index is 10.6. The molecule has 2 aliphatic carbocycles. The van der Waals surface area contributed by atoms with Gasteiger partial charge in [0.2, 0.25) is 12.2 Å². The first kappa shape index (κ1) is 25.7. The van der Waals surface area contributed by atoms with Gasteiger partial charge in [-0.1, -0.05) is 38.5 Å². The van der Waals surface area contributed by atoms with Crippen LogP contribution in [0.2, 0.25) is 0 Å². The summed E-state index contributed by atoms with van der Waals surface area (Å²) in [5.74, 6) is 0.995. The van der Waals surface area contributed by atoms with E-state index in [9.17, 15) is 9.59 Å². The van der Waals surface area contributed by atoms with Gasteiger partial charge in [-0.05, 0) is 50.4 Å². The Balaban J connectivity index is 1.35. The van der Waals surface area contributed by atoms with Crippen LogP contribution >= 0.6 is 0 Å². The highest BCUT2D eigenvalue weighted by Crippen LogP contribution is 2.37. The van der Waals surface area contributed by atoms with E-state index in [0.717, 1.165) is 38.5 Å². The van der Waals surface area contributed by atoms with E-state index in [-0.39, 0.29) is 36.6 Å². The van der Waals surface area contributed by atoms with Crippen LogP contribution in [0.3, 0.4) is 0 Å². The minimum Gasteiger partial charge on any atom is -0.370 e. The number of hydrogen-bond acceptors (Lipinski definition) is 8. The fourth-order valence-electron chi connectivity index (χ4n) is 6.43. The van der Waals surface area contributed by atoms with E-state index in [1.807, 2.05) is 0 Å². The molecule has 0 bridgehead atoms. The minimum absolute atomic E-state index is 0.0597. The van der Waals surface area contributed by atoms with Crippen molar-refractivity contribution in [2.75, 3.05) is 26.3 Å². The Morgan fingerprint density at radius 2 is 1.09 bits per heavy atom. The second kappa shape index (κ2) is 13.6. The van der Waals surface area contributed by atoms with Crippen LogP contribution in [0.1, 0.15) is 77.0 Å². The highest BCUT2D eigenvalue weighted by molar-refractivity contribution is 5.33. The van der Waals surface area contributed by atoms with Crippen molar-refractivity contribution in [2.24, 2.45) is 21.8 Å². The molecule has 0 aromatic heterocycles. The number of nitrogens with zero attached hydrogens (tertiary/aromatic N) is 2. The third-order valence-corrected chi connectivity index (χ3v) is 8.19. The predicted molar refractivity (Wildman–Crippen MR) is 125 cm³/mol. The zero-order valence-corrected chi connectivity index (χ0v) is 20.3. The first-order valence-corrected chi connectivity index (χ1v) is 13.4. The number of aliphatic imine (C=N–C) groups is 2. The predicted octanol–water partition coefficient (Wildman–Crippen LogP) is 3.90. The molecule has 0 N–H and O–H groups in total. The zero-order valence-electron chi connectivity index (χ0n) is 20.3. The molecule has 8 heteroatoms. The lowest BCUT2D eigenvalue weighted by molar-refractivity contribution is -0.110. The molecule has 2 aliphatic heterocycles. The number of carbonyl (C=O) groups excluding carboxylic acids is 2. The quantitative estimate of drug-likeness (QED) is 0.313. The van der Waals surface area contributed by atoms with Gasteiger partial charge in [0, 0.05) is 0 Å². The smallest absolute Gasteiger partial charge is 0.234 e. The van der Waals surface area contributed by atoms with Crippen LogP contribution in [0.25, 0.3) is 0 Å². The van der Waals surface area contributed by atoms with Crippen LogP contribution in [0, 0.1) is 11.8 Å². The average Bonchev–Trinajstić information content (AvgIpc) is 3.47. The summed E-state index contributed by atoms with van der Waals surface area (Å²) in [7, 11) is 0. The van der Waals surface area contributed by atoms with E-state index < -0.39 is 0 Å². The lowest BCUT2D eigenvalue weighted by Gasteiger charge is -2.33. The summed E-state index contributed by atoms with van der Waals surface area (Å²) in [4.78, 5) is 28.7. The van der Waals surface area contributed by atoms with Crippen LogP contribution in [0.4, 0.5) is 0 Å². The van der Waals surface area contributed by atoms with Gasteiger partial charge >= 0.3 is 0 Å².